The van der Waals surface area contributed by atoms with Crippen molar-refractivity contribution in [2.45, 2.75) is 37.1 Å². The summed E-state index contributed by atoms with van der Waals surface area (Å²) in [6.45, 7) is 6.06. The summed E-state index contributed by atoms with van der Waals surface area (Å²) >= 11 is 0. The molecular weight excluding hydrogens is 378 g/mol. The van der Waals surface area contributed by atoms with E-state index in [1.165, 1.54) is 10.4 Å². The van der Waals surface area contributed by atoms with Crippen LogP contribution in [0.2, 0.25) is 0 Å². The van der Waals surface area contributed by atoms with Crippen LogP contribution >= 0.6 is 0 Å². The number of nitrogens with one attached hydrogen (secondary N) is 1. The summed E-state index contributed by atoms with van der Waals surface area (Å²) in [6, 6.07) is 6.39. The summed E-state index contributed by atoms with van der Waals surface area (Å²) in [5.41, 5.74) is 0.690. The zero-order valence-corrected chi connectivity index (χ0v) is 17.1. The number of rotatable bonds is 6. The van der Waals surface area contributed by atoms with E-state index in [1.807, 2.05) is 6.92 Å². The van der Waals surface area contributed by atoms with E-state index in [9.17, 15) is 18.0 Å². The molecule has 1 saturated carbocycles. The molecule has 2 amide bonds. The van der Waals surface area contributed by atoms with Crippen LogP contribution < -0.4 is 10.2 Å². The lowest BCUT2D eigenvalue weighted by Crippen LogP contribution is -2.51. The van der Waals surface area contributed by atoms with Crippen LogP contribution in [0, 0.1) is 11.8 Å². The lowest BCUT2D eigenvalue weighted by atomic mass is 9.95. The van der Waals surface area contributed by atoms with Gasteiger partial charge in [-0.1, -0.05) is 13.5 Å². The molecule has 2 unspecified atom stereocenters. The van der Waals surface area contributed by atoms with Gasteiger partial charge in [-0.2, -0.15) is 4.31 Å². The van der Waals surface area contributed by atoms with Gasteiger partial charge in [0.25, 0.3) is 0 Å². The van der Waals surface area contributed by atoms with Gasteiger partial charge in [0, 0.05) is 37.8 Å². The number of anilines is 1. The van der Waals surface area contributed by atoms with Gasteiger partial charge in [0.15, 0.2) is 0 Å². The van der Waals surface area contributed by atoms with E-state index in [1.54, 1.807) is 36.2 Å². The zero-order valence-electron chi connectivity index (χ0n) is 16.3. The second-order valence-corrected chi connectivity index (χ2v) is 9.55. The van der Waals surface area contributed by atoms with Crippen LogP contribution in [0.25, 0.3) is 0 Å². The summed E-state index contributed by atoms with van der Waals surface area (Å²) in [7, 11) is -1.91. The van der Waals surface area contributed by atoms with E-state index in [0.717, 1.165) is 12.8 Å². The molecule has 1 saturated heterocycles. The van der Waals surface area contributed by atoms with E-state index < -0.39 is 10.0 Å². The Kier molecular flexibility index (Phi) is 5.90. The predicted octanol–water partition coefficient (Wildman–Crippen LogP) is 1.76. The fraction of sp³-hybridized carbons (Fsp3) is 0.500. The van der Waals surface area contributed by atoms with Crippen molar-refractivity contribution in [2.75, 3.05) is 25.0 Å². The van der Waals surface area contributed by atoms with Crippen LogP contribution in [0.15, 0.2) is 41.8 Å². The molecule has 1 heterocycles. The fourth-order valence-electron chi connectivity index (χ4n) is 3.50. The van der Waals surface area contributed by atoms with E-state index >= 15 is 0 Å². The van der Waals surface area contributed by atoms with Gasteiger partial charge < -0.3 is 10.2 Å². The number of hydrogen-bond donors (Lipinski definition) is 1. The van der Waals surface area contributed by atoms with Crippen molar-refractivity contribution in [3.05, 3.63) is 36.9 Å². The lowest BCUT2D eigenvalue weighted by molar-refractivity contribution is -0.119. The molecule has 0 spiro atoms. The highest BCUT2D eigenvalue weighted by molar-refractivity contribution is 7.89. The highest BCUT2D eigenvalue weighted by Gasteiger charge is 2.35. The molecule has 1 aliphatic carbocycles. The number of amides is 2. The maximum Gasteiger partial charge on any atom is 0.243 e. The van der Waals surface area contributed by atoms with Crippen molar-refractivity contribution in [1.82, 2.24) is 9.62 Å². The number of sulfonamides is 1. The molecule has 1 aromatic rings. The first-order chi connectivity index (χ1) is 13.2. The summed E-state index contributed by atoms with van der Waals surface area (Å²) in [4.78, 5) is 25.5. The van der Waals surface area contributed by atoms with E-state index in [0.29, 0.717) is 25.2 Å². The number of carbonyl (C=O) groups is 2. The second-order valence-electron chi connectivity index (χ2n) is 7.61. The Hall–Kier alpha value is -2.19. The molecular formula is C20H27N3O4S. The van der Waals surface area contributed by atoms with Gasteiger partial charge >= 0.3 is 0 Å². The Morgan fingerprint density at radius 2 is 1.86 bits per heavy atom. The molecule has 0 aromatic heterocycles. The standard InChI is InChI=1S/C20H27N3O4S/c1-4-19(24)21-18-11-12-23(13-14(18)2)28(26,27)17-9-7-16(8-10-17)22(3)20(25)15-5-6-15/h4,7-10,14-15,18H,1,5-6,11-13H2,2-3H3,(H,21,24). The minimum absolute atomic E-state index is 0.00556. The average molecular weight is 406 g/mol. The van der Waals surface area contributed by atoms with Crippen LogP contribution in [-0.4, -0.2) is 50.7 Å². The van der Waals surface area contributed by atoms with Crippen LogP contribution in [0.5, 0.6) is 0 Å². The Morgan fingerprint density at radius 1 is 1.21 bits per heavy atom. The van der Waals surface area contributed by atoms with Gasteiger partial charge in [-0.15, -0.1) is 0 Å². The summed E-state index contributed by atoms with van der Waals surface area (Å²) in [5.74, 6) is -0.0616. The van der Waals surface area contributed by atoms with Crippen molar-refractivity contribution in [3.8, 4) is 0 Å². The molecule has 3 rings (SSSR count). The molecule has 1 N–H and O–H groups in total. The SMILES string of the molecule is C=CC(=O)NC1CCN(S(=O)(=O)c2ccc(N(C)C(=O)C3CC3)cc2)CC1C. The molecule has 28 heavy (non-hydrogen) atoms. The first-order valence-corrected chi connectivity index (χ1v) is 11.0. The first-order valence-electron chi connectivity index (χ1n) is 9.54. The van der Waals surface area contributed by atoms with E-state index in [2.05, 4.69) is 11.9 Å². The number of carbonyl (C=O) groups excluding carboxylic acids is 2. The van der Waals surface area contributed by atoms with Gasteiger partial charge in [0.2, 0.25) is 21.8 Å². The third-order valence-corrected chi connectivity index (χ3v) is 7.38. The third kappa shape index (κ3) is 4.28. The topological polar surface area (TPSA) is 86.8 Å². The Balaban J connectivity index is 1.68. The van der Waals surface area contributed by atoms with Crippen LogP contribution in [0.4, 0.5) is 5.69 Å². The quantitative estimate of drug-likeness (QED) is 0.731. The van der Waals surface area contributed by atoms with Gasteiger partial charge in [-0.3, -0.25) is 9.59 Å². The summed E-state index contributed by atoms with van der Waals surface area (Å²) < 4.78 is 27.4. The maximum absolute atomic E-state index is 13.0. The highest BCUT2D eigenvalue weighted by Crippen LogP contribution is 2.32. The van der Waals surface area contributed by atoms with Crippen molar-refractivity contribution >= 4 is 27.5 Å². The molecule has 152 valence electrons. The second kappa shape index (κ2) is 8.05. The molecule has 0 bridgehead atoms. The maximum atomic E-state index is 13.0. The molecule has 2 fully saturated rings. The van der Waals surface area contributed by atoms with Crippen molar-refractivity contribution in [2.24, 2.45) is 11.8 Å². The molecule has 8 heteroatoms. The third-order valence-electron chi connectivity index (χ3n) is 5.50. The number of benzene rings is 1. The number of nitrogens with zero attached hydrogens (tertiary/aromatic N) is 2. The monoisotopic (exact) mass is 405 g/mol. The molecule has 0 radical (unpaired) electrons. The van der Waals surface area contributed by atoms with Crippen molar-refractivity contribution in [3.63, 3.8) is 0 Å². The van der Waals surface area contributed by atoms with Gasteiger partial charge in [0.05, 0.1) is 4.90 Å². The van der Waals surface area contributed by atoms with Crippen LogP contribution in [-0.2, 0) is 19.6 Å². The fourth-order valence-corrected chi connectivity index (χ4v) is 5.06. The van der Waals surface area contributed by atoms with Crippen LogP contribution in [0.3, 0.4) is 0 Å². The smallest absolute Gasteiger partial charge is 0.243 e. The minimum Gasteiger partial charge on any atom is -0.349 e. The lowest BCUT2D eigenvalue weighted by Gasteiger charge is -2.36. The summed E-state index contributed by atoms with van der Waals surface area (Å²) in [5, 5.41) is 2.86. The van der Waals surface area contributed by atoms with Crippen LogP contribution in [0.1, 0.15) is 26.2 Å². The number of piperidine rings is 1. The number of hydrogen-bond acceptors (Lipinski definition) is 4. The van der Waals surface area contributed by atoms with Gasteiger partial charge in [0.1, 0.15) is 0 Å². The highest BCUT2D eigenvalue weighted by atomic mass is 32.2. The predicted molar refractivity (Wildman–Crippen MR) is 107 cm³/mol. The molecule has 2 aliphatic rings. The largest absolute Gasteiger partial charge is 0.349 e. The molecule has 1 aliphatic heterocycles. The minimum atomic E-state index is -3.62. The van der Waals surface area contributed by atoms with Crippen molar-refractivity contribution in [1.29, 1.82) is 0 Å². The van der Waals surface area contributed by atoms with Crippen molar-refractivity contribution < 1.29 is 18.0 Å². The van der Waals surface area contributed by atoms with E-state index in [4.69, 9.17) is 0 Å². The Bertz CT molecular complexity index is 862. The normalized spacial score (nSPS) is 23.1. The zero-order chi connectivity index (χ0) is 20.5. The Labute approximate surface area is 166 Å². The van der Waals surface area contributed by atoms with Gasteiger partial charge in [-0.25, -0.2) is 8.42 Å². The summed E-state index contributed by atoms with van der Waals surface area (Å²) in [6.07, 6.45) is 3.63. The average Bonchev–Trinajstić information content (AvgIpc) is 3.53. The Morgan fingerprint density at radius 3 is 2.39 bits per heavy atom. The molecule has 2 atom stereocenters. The molecule has 7 nitrogen and oxygen atoms in total. The first kappa shape index (κ1) is 20.5. The van der Waals surface area contributed by atoms with E-state index in [-0.39, 0.29) is 34.6 Å². The van der Waals surface area contributed by atoms with Gasteiger partial charge in [-0.05, 0) is 55.5 Å². The molecule has 1 aromatic carbocycles.